The van der Waals surface area contributed by atoms with Gasteiger partial charge in [-0.05, 0) is 6.07 Å². The molecule has 0 atom stereocenters. The number of halogens is 4. The summed E-state index contributed by atoms with van der Waals surface area (Å²) in [7, 11) is -4.30. The zero-order valence-electron chi connectivity index (χ0n) is 9.28. The Hall–Kier alpha value is -0.860. The number of alkyl halides is 3. The van der Waals surface area contributed by atoms with E-state index in [0.29, 0.717) is 4.31 Å². The molecule has 0 aliphatic heterocycles. The fraction of sp³-hybridized carbons (Fsp3) is 0.444. The van der Waals surface area contributed by atoms with Crippen LogP contribution in [-0.2, 0) is 10.0 Å². The van der Waals surface area contributed by atoms with Crippen LogP contribution < -0.4 is 0 Å². The van der Waals surface area contributed by atoms with Gasteiger partial charge in [-0.2, -0.15) is 17.5 Å². The first-order chi connectivity index (χ1) is 8.18. The maximum absolute atomic E-state index is 12.3. The van der Waals surface area contributed by atoms with Gasteiger partial charge in [0.25, 0.3) is 0 Å². The van der Waals surface area contributed by atoms with Crippen molar-refractivity contribution in [2.24, 2.45) is 0 Å². The molecule has 1 heterocycles. The summed E-state index contributed by atoms with van der Waals surface area (Å²) < 4.78 is 61.1. The van der Waals surface area contributed by atoms with Gasteiger partial charge in [-0.15, -0.1) is 0 Å². The predicted octanol–water partition coefficient (Wildman–Crippen LogP) is 2.31. The molecule has 4 nitrogen and oxygen atoms in total. The lowest BCUT2D eigenvalue weighted by Gasteiger charge is -2.21. The van der Waals surface area contributed by atoms with Crippen LogP contribution in [0, 0.1) is 0 Å². The van der Waals surface area contributed by atoms with Gasteiger partial charge in [-0.25, -0.2) is 8.42 Å². The van der Waals surface area contributed by atoms with E-state index >= 15 is 0 Å². The van der Waals surface area contributed by atoms with E-state index in [9.17, 15) is 21.6 Å². The molecule has 0 saturated heterocycles. The van der Waals surface area contributed by atoms with E-state index in [1.54, 1.807) is 0 Å². The zero-order valence-corrected chi connectivity index (χ0v) is 10.8. The quantitative estimate of drug-likeness (QED) is 0.857. The summed E-state index contributed by atoms with van der Waals surface area (Å²) in [6.07, 6.45) is -2.43. The number of pyridine rings is 1. The SMILES string of the molecule is CCN(CC(F)(F)F)S(=O)(=O)c1cnccc1Cl. The normalized spacial score (nSPS) is 13.0. The molecule has 0 spiro atoms. The predicted molar refractivity (Wildman–Crippen MR) is 59.7 cm³/mol. The standard InChI is InChI=1S/C9H10ClF3N2O2S/c1-2-15(6-9(11,12)13)18(16,17)8-5-14-4-3-7(8)10/h3-5H,2,6H2,1H3. The molecule has 0 saturated carbocycles. The highest BCUT2D eigenvalue weighted by Gasteiger charge is 2.36. The first-order valence-corrected chi connectivity index (χ1v) is 6.66. The molecule has 1 rings (SSSR count). The van der Waals surface area contributed by atoms with E-state index in [0.717, 1.165) is 6.20 Å². The minimum absolute atomic E-state index is 0.161. The van der Waals surface area contributed by atoms with Gasteiger partial charge < -0.3 is 0 Å². The van der Waals surface area contributed by atoms with Gasteiger partial charge in [-0.3, -0.25) is 4.98 Å². The molecule has 0 fully saturated rings. The van der Waals surface area contributed by atoms with Gasteiger partial charge >= 0.3 is 6.18 Å². The van der Waals surface area contributed by atoms with Crippen LogP contribution in [0.5, 0.6) is 0 Å². The smallest absolute Gasteiger partial charge is 0.263 e. The Morgan fingerprint density at radius 3 is 2.50 bits per heavy atom. The molecule has 0 aromatic carbocycles. The van der Waals surface area contributed by atoms with E-state index in [1.807, 2.05) is 0 Å². The average molecular weight is 303 g/mol. The second kappa shape index (κ2) is 5.41. The molecule has 1 aromatic heterocycles. The van der Waals surface area contributed by atoms with Crippen LogP contribution in [0.2, 0.25) is 5.02 Å². The fourth-order valence-corrected chi connectivity index (χ4v) is 3.10. The molecule has 0 amide bonds. The Labute approximate surface area is 107 Å². The fourth-order valence-electron chi connectivity index (χ4n) is 1.26. The summed E-state index contributed by atoms with van der Waals surface area (Å²) in [5.41, 5.74) is 0. The third-order valence-electron chi connectivity index (χ3n) is 2.06. The maximum atomic E-state index is 12.3. The molecule has 0 radical (unpaired) electrons. The van der Waals surface area contributed by atoms with Crippen molar-refractivity contribution in [1.82, 2.24) is 9.29 Å². The lowest BCUT2D eigenvalue weighted by molar-refractivity contribution is -0.135. The lowest BCUT2D eigenvalue weighted by atomic mass is 10.5. The number of sulfonamides is 1. The van der Waals surface area contributed by atoms with E-state index in [-0.39, 0.29) is 11.6 Å². The van der Waals surface area contributed by atoms with Crippen molar-refractivity contribution in [3.8, 4) is 0 Å². The largest absolute Gasteiger partial charge is 0.402 e. The summed E-state index contributed by atoms with van der Waals surface area (Å²) >= 11 is 5.65. The summed E-state index contributed by atoms with van der Waals surface area (Å²) in [6.45, 7) is -0.558. The maximum Gasteiger partial charge on any atom is 0.402 e. The van der Waals surface area contributed by atoms with E-state index in [1.165, 1.54) is 19.2 Å². The molecule has 0 aliphatic rings. The Bertz CT molecular complexity index is 519. The topological polar surface area (TPSA) is 50.3 Å². The van der Waals surface area contributed by atoms with Crippen LogP contribution in [0.4, 0.5) is 13.2 Å². The molecule has 1 aromatic rings. The Balaban J connectivity index is 3.16. The third-order valence-corrected chi connectivity index (χ3v) is 4.45. The first-order valence-electron chi connectivity index (χ1n) is 4.85. The van der Waals surface area contributed by atoms with Crippen LogP contribution in [0.25, 0.3) is 0 Å². The van der Waals surface area contributed by atoms with Gasteiger partial charge in [0.1, 0.15) is 11.4 Å². The molecule has 102 valence electrons. The van der Waals surface area contributed by atoms with E-state index < -0.39 is 27.6 Å². The molecular formula is C9H10ClF3N2O2S. The number of hydrogen-bond donors (Lipinski definition) is 0. The molecule has 0 N–H and O–H groups in total. The van der Waals surface area contributed by atoms with Gasteiger partial charge in [-0.1, -0.05) is 18.5 Å². The van der Waals surface area contributed by atoms with Gasteiger partial charge in [0.2, 0.25) is 10.0 Å². The van der Waals surface area contributed by atoms with Crippen molar-refractivity contribution in [3.63, 3.8) is 0 Å². The van der Waals surface area contributed by atoms with Crippen LogP contribution in [0.15, 0.2) is 23.4 Å². The molecule has 0 bridgehead atoms. The number of hydrogen-bond acceptors (Lipinski definition) is 3. The van der Waals surface area contributed by atoms with Crippen molar-refractivity contribution in [3.05, 3.63) is 23.5 Å². The second-order valence-corrected chi connectivity index (χ2v) is 5.67. The minimum atomic E-state index is -4.61. The van der Waals surface area contributed by atoms with Crippen LogP contribution in [0.3, 0.4) is 0 Å². The number of rotatable bonds is 4. The van der Waals surface area contributed by atoms with E-state index in [2.05, 4.69) is 4.98 Å². The Kier molecular flexibility index (Phi) is 4.57. The summed E-state index contributed by atoms with van der Waals surface area (Å²) in [4.78, 5) is 3.12. The molecular weight excluding hydrogens is 293 g/mol. The highest BCUT2D eigenvalue weighted by Crippen LogP contribution is 2.26. The second-order valence-electron chi connectivity index (χ2n) is 3.35. The van der Waals surface area contributed by atoms with Crippen molar-refractivity contribution < 1.29 is 21.6 Å². The molecule has 0 unspecified atom stereocenters. The Morgan fingerprint density at radius 2 is 2.06 bits per heavy atom. The highest BCUT2D eigenvalue weighted by atomic mass is 35.5. The van der Waals surface area contributed by atoms with Crippen molar-refractivity contribution in [2.45, 2.75) is 18.0 Å². The Morgan fingerprint density at radius 1 is 1.44 bits per heavy atom. The summed E-state index contributed by atoms with van der Waals surface area (Å²) in [6, 6.07) is 1.20. The van der Waals surface area contributed by atoms with Crippen LogP contribution >= 0.6 is 11.6 Å². The first kappa shape index (κ1) is 15.2. The van der Waals surface area contributed by atoms with Crippen molar-refractivity contribution in [2.75, 3.05) is 13.1 Å². The highest BCUT2D eigenvalue weighted by molar-refractivity contribution is 7.89. The number of aromatic nitrogens is 1. The van der Waals surface area contributed by atoms with Crippen LogP contribution in [-0.4, -0.2) is 37.0 Å². The zero-order chi connectivity index (χ0) is 14.0. The van der Waals surface area contributed by atoms with Crippen LogP contribution in [0.1, 0.15) is 6.92 Å². The van der Waals surface area contributed by atoms with Crippen molar-refractivity contribution in [1.29, 1.82) is 0 Å². The monoisotopic (exact) mass is 302 g/mol. The van der Waals surface area contributed by atoms with Crippen molar-refractivity contribution >= 4 is 21.6 Å². The van der Waals surface area contributed by atoms with Gasteiger partial charge in [0.05, 0.1) is 5.02 Å². The number of nitrogens with zero attached hydrogens (tertiary/aromatic N) is 2. The van der Waals surface area contributed by atoms with Gasteiger partial charge in [0, 0.05) is 18.9 Å². The lowest BCUT2D eigenvalue weighted by Crippen LogP contribution is -2.38. The summed E-state index contributed by atoms with van der Waals surface area (Å²) in [5, 5.41) is -0.161. The summed E-state index contributed by atoms with van der Waals surface area (Å²) in [5.74, 6) is 0. The third kappa shape index (κ3) is 3.56. The molecule has 18 heavy (non-hydrogen) atoms. The average Bonchev–Trinajstić information content (AvgIpc) is 2.24. The van der Waals surface area contributed by atoms with E-state index in [4.69, 9.17) is 11.6 Å². The molecule has 0 aliphatic carbocycles. The van der Waals surface area contributed by atoms with Gasteiger partial charge in [0.15, 0.2) is 0 Å². The molecule has 9 heteroatoms. The minimum Gasteiger partial charge on any atom is -0.263 e.